The first-order valence-electron chi connectivity index (χ1n) is 7.66. The monoisotopic (exact) mass is 364 g/mol. The summed E-state index contributed by atoms with van der Waals surface area (Å²) < 4.78 is 26.1. The number of pyridine rings is 2. The number of nitrogens with one attached hydrogen (secondary N) is 3. The summed E-state index contributed by atoms with van der Waals surface area (Å²) in [6, 6.07) is 5.79. The standard InChI is InChI=1S/C15H20N6O3S/c1-3-21(4-2)25(23,24)13-7-8-14(17-11-13)19-20-15(22)18-12-6-5-9-16-10-12/h5-11H,3-4H2,1-2H3,(H,17,19)(H2,18,20,22). The van der Waals surface area contributed by atoms with Crippen LogP contribution in [0.25, 0.3) is 0 Å². The maximum atomic E-state index is 12.4. The Bertz CT molecular complexity index is 792. The minimum atomic E-state index is -3.55. The van der Waals surface area contributed by atoms with Gasteiger partial charge in [0, 0.05) is 25.5 Å². The number of sulfonamides is 1. The van der Waals surface area contributed by atoms with Gasteiger partial charge in [-0.15, -0.1) is 0 Å². The molecule has 0 aromatic carbocycles. The molecule has 0 atom stereocenters. The van der Waals surface area contributed by atoms with E-state index in [-0.39, 0.29) is 4.90 Å². The molecule has 2 aromatic heterocycles. The van der Waals surface area contributed by atoms with Gasteiger partial charge in [-0.1, -0.05) is 13.8 Å². The lowest BCUT2D eigenvalue weighted by molar-refractivity contribution is 0.254. The van der Waals surface area contributed by atoms with Crippen LogP contribution in [0.1, 0.15) is 13.8 Å². The summed E-state index contributed by atoms with van der Waals surface area (Å²) in [4.78, 5) is 19.7. The smallest absolute Gasteiger partial charge is 0.305 e. The average molecular weight is 364 g/mol. The molecule has 2 amide bonds. The van der Waals surface area contributed by atoms with Crippen molar-refractivity contribution in [1.29, 1.82) is 0 Å². The van der Waals surface area contributed by atoms with Crippen molar-refractivity contribution in [2.24, 2.45) is 0 Å². The summed E-state index contributed by atoms with van der Waals surface area (Å²) in [5.74, 6) is 0.305. The normalized spacial score (nSPS) is 11.2. The molecule has 0 saturated carbocycles. The summed E-state index contributed by atoms with van der Waals surface area (Å²) in [6.45, 7) is 4.31. The number of nitrogens with zero attached hydrogens (tertiary/aromatic N) is 3. The minimum absolute atomic E-state index is 0.0987. The Labute approximate surface area is 146 Å². The number of rotatable bonds is 7. The molecule has 134 valence electrons. The molecule has 0 spiro atoms. The van der Waals surface area contributed by atoms with Crippen molar-refractivity contribution in [3.63, 3.8) is 0 Å². The summed E-state index contributed by atoms with van der Waals surface area (Å²) in [5, 5.41) is 2.57. The van der Waals surface area contributed by atoms with Crippen LogP contribution >= 0.6 is 0 Å². The SMILES string of the molecule is CCN(CC)S(=O)(=O)c1ccc(NNC(=O)Nc2cccnc2)nc1. The van der Waals surface area contributed by atoms with E-state index in [0.717, 1.165) is 0 Å². The average Bonchev–Trinajstić information content (AvgIpc) is 2.62. The Kier molecular flexibility index (Phi) is 6.25. The predicted molar refractivity (Wildman–Crippen MR) is 94.4 cm³/mol. The molecule has 9 nitrogen and oxygen atoms in total. The molecule has 2 heterocycles. The lowest BCUT2D eigenvalue weighted by atomic mass is 10.4. The molecule has 0 unspecified atom stereocenters. The number of carbonyl (C=O) groups excluding carboxylic acids is 1. The van der Waals surface area contributed by atoms with E-state index >= 15 is 0 Å². The lowest BCUT2D eigenvalue weighted by Gasteiger charge is -2.18. The summed E-state index contributed by atoms with van der Waals surface area (Å²) >= 11 is 0. The third-order valence-corrected chi connectivity index (χ3v) is 5.34. The number of anilines is 2. The van der Waals surface area contributed by atoms with Gasteiger partial charge in [0.2, 0.25) is 10.0 Å². The summed E-state index contributed by atoms with van der Waals surface area (Å²) in [5.41, 5.74) is 5.54. The highest BCUT2D eigenvalue weighted by atomic mass is 32.2. The number of hydrogen-bond donors (Lipinski definition) is 3. The third-order valence-electron chi connectivity index (χ3n) is 3.30. The van der Waals surface area contributed by atoms with Crippen LogP contribution in [0.5, 0.6) is 0 Å². The van der Waals surface area contributed by atoms with E-state index in [9.17, 15) is 13.2 Å². The zero-order valence-corrected chi connectivity index (χ0v) is 14.7. The first-order valence-corrected chi connectivity index (χ1v) is 9.10. The maximum Gasteiger partial charge on any atom is 0.337 e. The van der Waals surface area contributed by atoms with E-state index in [1.807, 2.05) is 0 Å². The molecule has 0 fully saturated rings. The van der Waals surface area contributed by atoms with Gasteiger partial charge >= 0.3 is 6.03 Å². The summed E-state index contributed by atoms with van der Waals surface area (Å²) in [7, 11) is -3.55. The van der Waals surface area contributed by atoms with Gasteiger partial charge < -0.3 is 5.32 Å². The topological polar surface area (TPSA) is 116 Å². The Balaban J connectivity index is 1.95. The third kappa shape index (κ3) is 4.88. The highest BCUT2D eigenvalue weighted by molar-refractivity contribution is 7.89. The molecule has 0 bridgehead atoms. The molecule has 25 heavy (non-hydrogen) atoms. The molecule has 0 saturated heterocycles. The van der Waals surface area contributed by atoms with Crippen LogP contribution < -0.4 is 16.2 Å². The fourth-order valence-corrected chi connectivity index (χ4v) is 3.44. The first-order chi connectivity index (χ1) is 12.0. The second kappa shape index (κ2) is 8.40. The van der Waals surface area contributed by atoms with E-state index in [4.69, 9.17) is 0 Å². The van der Waals surface area contributed by atoms with Crippen molar-refractivity contribution < 1.29 is 13.2 Å². The first kappa shape index (κ1) is 18.6. The number of carbonyl (C=O) groups is 1. The molecular weight excluding hydrogens is 344 g/mol. The molecule has 0 aliphatic heterocycles. The highest BCUT2D eigenvalue weighted by Crippen LogP contribution is 2.15. The van der Waals surface area contributed by atoms with Crippen molar-refractivity contribution >= 4 is 27.6 Å². The van der Waals surface area contributed by atoms with Crippen LogP contribution in [-0.4, -0.2) is 41.8 Å². The molecule has 0 aliphatic rings. The number of hydrazine groups is 1. The highest BCUT2D eigenvalue weighted by Gasteiger charge is 2.21. The van der Waals surface area contributed by atoms with Gasteiger partial charge in [0.25, 0.3) is 0 Å². The van der Waals surface area contributed by atoms with Crippen LogP contribution in [0, 0.1) is 0 Å². The number of amides is 2. The molecule has 10 heteroatoms. The Hall–Kier alpha value is -2.72. The van der Waals surface area contributed by atoms with Gasteiger partial charge in [0.15, 0.2) is 0 Å². The van der Waals surface area contributed by atoms with Gasteiger partial charge in [-0.2, -0.15) is 4.31 Å². The second-order valence-corrected chi connectivity index (χ2v) is 6.85. The Morgan fingerprint density at radius 2 is 1.92 bits per heavy atom. The van der Waals surface area contributed by atoms with Crippen molar-refractivity contribution in [3.8, 4) is 0 Å². The van der Waals surface area contributed by atoms with Crippen molar-refractivity contribution in [1.82, 2.24) is 19.7 Å². The minimum Gasteiger partial charge on any atom is -0.305 e. The van der Waals surface area contributed by atoms with Gasteiger partial charge in [0.1, 0.15) is 10.7 Å². The zero-order chi connectivity index (χ0) is 18.3. The van der Waals surface area contributed by atoms with E-state index in [1.165, 1.54) is 28.8 Å². The largest absolute Gasteiger partial charge is 0.337 e. The Morgan fingerprint density at radius 1 is 1.16 bits per heavy atom. The summed E-state index contributed by atoms with van der Waals surface area (Å²) in [6.07, 6.45) is 4.35. The molecule has 2 rings (SSSR count). The van der Waals surface area contributed by atoms with Gasteiger partial charge in [-0.05, 0) is 24.3 Å². The molecule has 2 aromatic rings. The fourth-order valence-electron chi connectivity index (χ4n) is 2.04. The van der Waals surface area contributed by atoms with E-state index in [2.05, 4.69) is 26.1 Å². The Morgan fingerprint density at radius 3 is 2.48 bits per heavy atom. The second-order valence-electron chi connectivity index (χ2n) is 4.91. The van der Waals surface area contributed by atoms with Gasteiger partial charge in [0.05, 0.1) is 11.9 Å². The zero-order valence-electron chi connectivity index (χ0n) is 13.9. The van der Waals surface area contributed by atoms with E-state index < -0.39 is 16.1 Å². The predicted octanol–water partition coefficient (Wildman–Crippen LogP) is 1.66. The van der Waals surface area contributed by atoms with E-state index in [1.54, 1.807) is 32.2 Å². The quantitative estimate of drug-likeness (QED) is 0.643. The van der Waals surface area contributed by atoms with Crippen molar-refractivity contribution in [2.45, 2.75) is 18.7 Å². The molecule has 0 radical (unpaired) electrons. The van der Waals surface area contributed by atoms with Crippen LogP contribution in [0.4, 0.5) is 16.3 Å². The van der Waals surface area contributed by atoms with Crippen LogP contribution in [0.2, 0.25) is 0 Å². The molecule has 3 N–H and O–H groups in total. The molecular formula is C15H20N6O3S. The number of hydrogen-bond acceptors (Lipinski definition) is 6. The lowest BCUT2D eigenvalue weighted by Crippen LogP contribution is -2.34. The number of aromatic nitrogens is 2. The molecule has 0 aliphatic carbocycles. The fraction of sp³-hybridized carbons (Fsp3) is 0.267. The van der Waals surface area contributed by atoms with E-state index in [0.29, 0.717) is 24.6 Å². The maximum absolute atomic E-state index is 12.4. The van der Waals surface area contributed by atoms with Crippen LogP contribution in [-0.2, 0) is 10.0 Å². The van der Waals surface area contributed by atoms with Crippen molar-refractivity contribution in [3.05, 3.63) is 42.9 Å². The van der Waals surface area contributed by atoms with Gasteiger partial charge in [-0.3, -0.25) is 15.8 Å². The van der Waals surface area contributed by atoms with Crippen molar-refractivity contribution in [2.75, 3.05) is 23.8 Å². The van der Waals surface area contributed by atoms with Crippen LogP contribution in [0.15, 0.2) is 47.8 Å². The number of urea groups is 1. The van der Waals surface area contributed by atoms with Crippen LogP contribution in [0.3, 0.4) is 0 Å². The van der Waals surface area contributed by atoms with Gasteiger partial charge in [-0.25, -0.2) is 18.2 Å².